The minimum Gasteiger partial charge on any atom is -0.396 e. The van der Waals surface area contributed by atoms with Crippen molar-refractivity contribution in [3.63, 3.8) is 0 Å². The number of anilines is 1. The molecule has 2 heterocycles. The highest BCUT2D eigenvalue weighted by molar-refractivity contribution is 5.56. The molecule has 0 aromatic carbocycles. The van der Waals surface area contributed by atoms with E-state index in [1.54, 1.807) is 12.4 Å². The molecule has 0 unspecified atom stereocenters. The minimum absolute atomic E-state index is 0.696. The summed E-state index contributed by atoms with van der Waals surface area (Å²) in [6.07, 6.45) is 5.39. The van der Waals surface area contributed by atoms with Crippen molar-refractivity contribution in [3.05, 3.63) is 42.5 Å². The summed E-state index contributed by atoms with van der Waals surface area (Å²) in [6, 6.07) is 5.94. The van der Waals surface area contributed by atoms with Crippen LogP contribution in [-0.2, 0) is 0 Å². The fourth-order valence-electron chi connectivity index (χ4n) is 1.36. The van der Waals surface area contributed by atoms with E-state index in [1.807, 2.05) is 35.9 Å². The van der Waals surface area contributed by atoms with E-state index in [-0.39, 0.29) is 0 Å². The third-order valence-corrected chi connectivity index (χ3v) is 2.04. The lowest BCUT2D eigenvalue weighted by molar-refractivity contribution is 1.01. The van der Waals surface area contributed by atoms with Gasteiger partial charge < -0.3 is 10.3 Å². The quantitative estimate of drug-likeness (QED) is 0.714. The number of nitrogens with zero attached hydrogens (tertiary/aromatic N) is 2. The maximum Gasteiger partial charge on any atom is 0.0745 e. The van der Waals surface area contributed by atoms with Gasteiger partial charge >= 0.3 is 0 Å². The normalized spacial score (nSPS) is 10.2. The summed E-state index contributed by atoms with van der Waals surface area (Å²) >= 11 is 0. The third kappa shape index (κ3) is 1.28. The summed E-state index contributed by atoms with van der Waals surface area (Å²) in [7, 11) is 0. The Labute approximate surface area is 76.8 Å². The molecule has 2 aromatic rings. The molecular formula is C10H11N3. The molecule has 13 heavy (non-hydrogen) atoms. The number of pyridine rings is 1. The zero-order chi connectivity index (χ0) is 9.26. The highest BCUT2D eigenvalue weighted by atomic mass is 15.0. The molecule has 0 bridgehead atoms. The second-order valence-corrected chi connectivity index (χ2v) is 2.95. The van der Waals surface area contributed by atoms with Crippen LogP contribution in [-0.4, -0.2) is 9.55 Å². The maximum atomic E-state index is 5.80. The molecule has 3 heteroatoms. The third-order valence-electron chi connectivity index (χ3n) is 2.04. The molecule has 2 rings (SSSR count). The van der Waals surface area contributed by atoms with Crippen LogP contribution in [0.5, 0.6) is 0 Å². The van der Waals surface area contributed by atoms with Gasteiger partial charge in [0, 0.05) is 18.1 Å². The Bertz CT molecular complexity index is 418. The van der Waals surface area contributed by atoms with E-state index in [4.69, 9.17) is 5.73 Å². The summed E-state index contributed by atoms with van der Waals surface area (Å²) in [5.74, 6) is 0. The monoisotopic (exact) mass is 173 g/mol. The van der Waals surface area contributed by atoms with Gasteiger partial charge in [-0.2, -0.15) is 0 Å². The molecule has 0 spiro atoms. The van der Waals surface area contributed by atoms with Crippen molar-refractivity contribution < 1.29 is 0 Å². The highest BCUT2D eigenvalue weighted by Crippen LogP contribution is 2.17. The van der Waals surface area contributed by atoms with Gasteiger partial charge in [0.15, 0.2) is 0 Å². The first kappa shape index (κ1) is 7.86. The van der Waals surface area contributed by atoms with E-state index < -0.39 is 0 Å². The van der Waals surface area contributed by atoms with E-state index in [9.17, 15) is 0 Å². The van der Waals surface area contributed by atoms with Crippen LogP contribution in [0.15, 0.2) is 36.8 Å². The standard InChI is InChI=1S/C10H11N3/c1-8-3-2-6-13(8)10-4-5-12-7-9(10)11/h2-7H,11H2,1H3. The lowest BCUT2D eigenvalue weighted by Crippen LogP contribution is -2.00. The highest BCUT2D eigenvalue weighted by Gasteiger charge is 2.01. The van der Waals surface area contributed by atoms with Gasteiger partial charge in [-0.3, -0.25) is 4.98 Å². The second-order valence-electron chi connectivity index (χ2n) is 2.95. The molecule has 0 atom stereocenters. The fourth-order valence-corrected chi connectivity index (χ4v) is 1.36. The van der Waals surface area contributed by atoms with Crippen LogP contribution >= 0.6 is 0 Å². The van der Waals surface area contributed by atoms with E-state index in [1.165, 1.54) is 0 Å². The van der Waals surface area contributed by atoms with Crippen molar-refractivity contribution in [2.45, 2.75) is 6.92 Å². The van der Waals surface area contributed by atoms with Gasteiger partial charge in [-0.1, -0.05) is 0 Å². The van der Waals surface area contributed by atoms with Crippen LogP contribution in [0, 0.1) is 6.92 Å². The van der Waals surface area contributed by atoms with Crippen LogP contribution in [0.1, 0.15) is 5.69 Å². The van der Waals surface area contributed by atoms with Crippen LogP contribution in [0.25, 0.3) is 5.69 Å². The molecule has 0 aliphatic rings. The van der Waals surface area contributed by atoms with Crippen molar-refractivity contribution in [1.29, 1.82) is 0 Å². The van der Waals surface area contributed by atoms with Gasteiger partial charge in [0.2, 0.25) is 0 Å². The summed E-state index contributed by atoms with van der Waals surface area (Å²) in [5, 5.41) is 0. The molecule has 0 radical (unpaired) electrons. The second kappa shape index (κ2) is 2.94. The SMILES string of the molecule is Cc1cccn1-c1ccncc1N. The fraction of sp³-hybridized carbons (Fsp3) is 0.100. The summed E-state index contributed by atoms with van der Waals surface area (Å²) in [5.41, 5.74) is 8.64. The minimum atomic E-state index is 0.696. The Hall–Kier alpha value is -1.77. The molecule has 0 saturated heterocycles. The Balaban J connectivity index is 2.59. The van der Waals surface area contributed by atoms with Crippen LogP contribution in [0.4, 0.5) is 5.69 Å². The molecule has 2 aromatic heterocycles. The number of hydrogen-bond acceptors (Lipinski definition) is 2. The van der Waals surface area contributed by atoms with Gasteiger partial charge in [-0.05, 0) is 25.1 Å². The summed E-state index contributed by atoms with van der Waals surface area (Å²) in [6.45, 7) is 2.04. The number of nitrogen functional groups attached to an aromatic ring is 1. The molecule has 0 amide bonds. The molecule has 2 N–H and O–H groups in total. The average Bonchev–Trinajstić information content (AvgIpc) is 2.52. The number of aromatic nitrogens is 2. The number of hydrogen-bond donors (Lipinski definition) is 1. The first-order valence-corrected chi connectivity index (χ1v) is 4.13. The van der Waals surface area contributed by atoms with E-state index >= 15 is 0 Å². The van der Waals surface area contributed by atoms with Crippen molar-refractivity contribution in [2.24, 2.45) is 0 Å². The number of aryl methyl sites for hydroxylation is 1. The van der Waals surface area contributed by atoms with Gasteiger partial charge in [0.1, 0.15) is 0 Å². The van der Waals surface area contributed by atoms with Crippen molar-refractivity contribution in [3.8, 4) is 5.69 Å². The van der Waals surface area contributed by atoms with E-state index in [0.717, 1.165) is 11.4 Å². The van der Waals surface area contributed by atoms with Crippen molar-refractivity contribution in [2.75, 3.05) is 5.73 Å². The van der Waals surface area contributed by atoms with Crippen molar-refractivity contribution >= 4 is 5.69 Å². The molecule has 0 fully saturated rings. The lowest BCUT2D eigenvalue weighted by atomic mass is 10.3. The Morgan fingerprint density at radius 2 is 2.23 bits per heavy atom. The first-order chi connectivity index (χ1) is 6.29. The topological polar surface area (TPSA) is 43.8 Å². The molecule has 0 saturated carbocycles. The first-order valence-electron chi connectivity index (χ1n) is 4.13. The molecule has 3 nitrogen and oxygen atoms in total. The Morgan fingerprint density at radius 3 is 2.85 bits per heavy atom. The van der Waals surface area contributed by atoms with Gasteiger partial charge in [0.05, 0.1) is 17.6 Å². The number of nitrogens with two attached hydrogens (primary N) is 1. The average molecular weight is 173 g/mol. The maximum absolute atomic E-state index is 5.80. The van der Waals surface area contributed by atoms with Crippen LogP contribution in [0.2, 0.25) is 0 Å². The van der Waals surface area contributed by atoms with Gasteiger partial charge in [0.25, 0.3) is 0 Å². The van der Waals surface area contributed by atoms with Gasteiger partial charge in [-0.25, -0.2) is 0 Å². The van der Waals surface area contributed by atoms with E-state index in [2.05, 4.69) is 4.98 Å². The molecule has 0 aliphatic heterocycles. The predicted molar refractivity (Wildman–Crippen MR) is 52.7 cm³/mol. The molecule has 66 valence electrons. The largest absolute Gasteiger partial charge is 0.396 e. The Morgan fingerprint density at radius 1 is 1.38 bits per heavy atom. The van der Waals surface area contributed by atoms with Crippen LogP contribution in [0.3, 0.4) is 0 Å². The summed E-state index contributed by atoms with van der Waals surface area (Å²) < 4.78 is 2.04. The lowest BCUT2D eigenvalue weighted by Gasteiger charge is -2.07. The summed E-state index contributed by atoms with van der Waals surface area (Å²) in [4.78, 5) is 3.95. The van der Waals surface area contributed by atoms with E-state index in [0.29, 0.717) is 5.69 Å². The zero-order valence-electron chi connectivity index (χ0n) is 7.44. The number of rotatable bonds is 1. The molecular weight excluding hydrogens is 162 g/mol. The zero-order valence-corrected chi connectivity index (χ0v) is 7.44. The predicted octanol–water partition coefficient (Wildman–Crippen LogP) is 1.76. The Kier molecular flexibility index (Phi) is 1.77. The molecule has 0 aliphatic carbocycles. The van der Waals surface area contributed by atoms with Crippen LogP contribution < -0.4 is 5.73 Å². The smallest absolute Gasteiger partial charge is 0.0745 e. The van der Waals surface area contributed by atoms with Gasteiger partial charge in [-0.15, -0.1) is 0 Å². The van der Waals surface area contributed by atoms with Crippen molar-refractivity contribution in [1.82, 2.24) is 9.55 Å².